The minimum atomic E-state index is 0.405. The third-order valence-corrected chi connectivity index (χ3v) is 2.48. The Kier molecular flexibility index (Phi) is 3.73. The molecule has 0 N–H and O–H groups in total. The molecule has 2 rings (SSSR count). The zero-order chi connectivity index (χ0) is 11.9. The lowest BCUT2D eigenvalue weighted by Crippen LogP contribution is -2.33. The van der Waals surface area contributed by atoms with Gasteiger partial charge >= 0.3 is 0 Å². The normalized spacial score (nSPS) is 9.65. The van der Waals surface area contributed by atoms with Gasteiger partial charge in [-0.2, -0.15) is 0 Å². The van der Waals surface area contributed by atoms with E-state index in [-0.39, 0.29) is 0 Å². The highest BCUT2D eigenvalue weighted by Gasteiger charge is 2.01. The molecule has 84 valence electrons. The predicted octanol–water partition coefficient (Wildman–Crippen LogP) is 2.83. The topological polar surface area (TPSA) is 52.6 Å². The summed E-state index contributed by atoms with van der Waals surface area (Å²) in [6.07, 6.45) is 3.99. The van der Waals surface area contributed by atoms with Gasteiger partial charge < -0.3 is 0 Å². The van der Waals surface area contributed by atoms with Gasteiger partial charge in [0.2, 0.25) is 0 Å². The molecule has 4 nitrogen and oxygen atoms in total. The molecule has 1 heterocycles. The van der Waals surface area contributed by atoms with Crippen molar-refractivity contribution in [3.63, 3.8) is 0 Å². The standard InChI is InChI=1S/C13H13N4/c14-16-15-10-12-6-8-17(9-7-12)11-13-4-2-1-3-5-13/h1-9H,10-11H2/q+1. The van der Waals surface area contributed by atoms with Gasteiger partial charge in [0.15, 0.2) is 18.9 Å². The van der Waals surface area contributed by atoms with E-state index in [2.05, 4.69) is 26.7 Å². The maximum Gasteiger partial charge on any atom is 0.173 e. The van der Waals surface area contributed by atoms with E-state index >= 15 is 0 Å². The number of hydrogen-bond acceptors (Lipinski definition) is 1. The lowest BCUT2D eigenvalue weighted by molar-refractivity contribution is -0.688. The fourth-order valence-electron chi connectivity index (χ4n) is 1.61. The van der Waals surface area contributed by atoms with Crippen molar-refractivity contribution < 1.29 is 4.57 Å². The van der Waals surface area contributed by atoms with Crippen molar-refractivity contribution in [2.24, 2.45) is 5.11 Å². The molecule has 0 aliphatic heterocycles. The molecule has 0 bridgehead atoms. The predicted molar refractivity (Wildman–Crippen MR) is 65.0 cm³/mol. The minimum absolute atomic E-state index is 0.405. The summed E-state index contributed by atoms with van der Waals surface area (Å²) in [5, 5.41) is 3.53. The van der Waals surface area contributed by atoms with Crippen LogP contribution < -0.4 is 4.57 Å². The first-order chi connectivity index (χ1) is 8.38. The Morgan fingerprint density at radius 2 is 1.71 bits per heavy atom. The molecule has 0 spiro atoms. The van der Waals surface area contributed by atoms with E-state index in [0.717, 1.165) is 12.1 Å². The molecule has 2 aromatic rings. The summed E-state index contributed by atoms with van der Waals surface area (Å²) in [4.78, 5) is 2.74. The zero-order valence-electron chi connectivity index (χ0n) is 9.40. The molecule has 0 atom stereocenters. The highest BCUT2D eigenvalue weighted by molar-refractivity contribution is 5.13. The number of azide groups is 1. The van der Waals surface area contributed by atoms with Crippen molar-refractivity contribution in [3.8, 4) is 0 Å². The zero-order valence-corrected chi connectivity index (χ0v) is 9.40. The SMILES string of the molecule is [N-]=[N+]=NCc1cc[n+](Cc2ccccc2)cc1. The Hall–Kier alpha value is -2.32. The van der Waals surface area contributed by atoms with Crippen LogP contribution in [0, 0.1) is 0 Å². The van der Waals surface area contributed by atoms with E-state index in [1.807, 2.05) is 42.7 Å². The van der Waals surface area contributed by atoms with Crippen LogP contribution >= 0.6 is 0 Å². The van der Waals surface area contributed by atoms with Crippen LogP contribution in [0.1, 0.15) is 11.1 Å². The van der Waals surface area contributed by atoms with Crippen molar-refractivity contribution in [2.45, 2.75) is 13.1 Å². The second kappa shape index (κ2) is 5.68. The minimum Gasteiger partial charge on any atom is -0.201 e. The van der Waals surface area contributed by atoms with Gasteiger partial charge in [0.1, 0.15) is 0 Å². The third-order valence-electron chi connectivity index (χ3n) is 2.48. The third kappa shape index (κ3) is 3.33. The van der Waals surface area contributed by atoms with Gasteiger partial charge in [-0.25, -0.2) is 4.57 Å². The number of benzene rings is 1. The number of rotatable bonds is 4. The molecule has 0 fully saturated rings. The lowest BCUT2D eigenvalue weighted by atomic mass is 10.2. The fourth-order valence-corrected chi connectivity index (χ4v) is 1.61. The molecule has 17 heavy (non-hydrogen) atoms. The lowest BCUT2D eigenvalue weighted by Gasteiger charge is -1.98. The molecular weight excluding hydrogens is 212 g/mol. The van der Waals surface area contributed by atoms with Crippen LogP contribution in [0.25, 0.3) is 10.4 Å². The monoisotopic (exact) mass is 225 g/mol. The van der Waals surface area contributed by atoms with Crippen LogP contribution in [0.3, 0.4) is 0 Å². The van der Waals surface area contributed by atoms with Crippen molar-refractivity contribution in [3.05, 3.63) is 76.4 Å². The summed E-state index contributed by atoms with van der Waals surface area (Å²) in [7, 11) is 0. The molecule has 0 aliphatic rings. The van der Waals surface area contributed by atoms with E-state index in [9.17, 15) is 0 Å². The Morgan fingerprint density at radius 1 is 1.00 bits per heavy atom. The molecule has 0 aliphatic carbocycles. The summed E-state index contributed by atoms with van der Waals surface area (Å²) < 4.78 is 2.09. The van der Waals surface area contributed by atoms with E-state index in [0.29, 0.717) is 6.54 Å². The number of nitrogens with zero attached hydrogens (tertiary/aromatic N) is 4. The van der Waals surface area contributed by atoms with Crippen LogP contribution in [-0.4, -0.2) is 0 Å². The van der Waals surface area contributed by atoms with Crippen LogP contribution in [0.5, 0.6) is 0 Å². The summed E-state index contributed by atoms with van der Waals surface area (Å²) in [5.74, 6) is 0. The van der Waals surface area contributed by atoms with E-state index < -0.39 is 0 Å². The van der Waals surface area contributed by atoms with Crippen molar-refractivity contribution in [1.82, 2.24) is 0 Å². The smallest absolute Gasteiger partial charge is 0.173 e. The molecule has 0 radical (unpaired) electrons. The van der Waals surface area contributed by atoms with Gasteiger partial charge in [0.05, 0.1) is 6.54 Å². The van der Waals surface area contributed by atoms with E-state index in [1.54, 1.807) is 0 Å². The second-order valence-electron chi connectivity index (χ2n) is 3.75. The highest BCUT2D eigenvalue weighted by Crippen LogP contribution is 2.00. The van der Waals surface area contributed by atoms with Crippen LogP contribution in [0.15, 0.2) is 60.0 Å². The number of aromatic nitrogens is 1. The number of hydrogen-bond donors (Lipinski definition) is 0. The summed E-state index contributed by atoms with van der Waals surface area (Å²) in [5.41, 5.74) is 10.5. The quantitative estimate of drug-likeness (QED) is 0.332. The fraction of sp³-hybridized carbons (Fsp3) is 0.154. The molecule has 1 aromatic heterocycles. The molecular formula is C13H13N4+. The van der Waals surface area contributed by atoms with Gasteiger partial charge in [-0.1, -0.05) is 35.4 Å². The van der Waals surface area contributed by atoms with Gasteiger partial charge in [0.25, 0.3) is 0 Å². The Balaban J connectivity index is 2.05. The van der Waals surface area contributed by atoms with Crippen LogP contribution in [0.4, 0.5) is 0 Å². The summed E-state index contributed by atoms with van der Waals surface area (Å²) >= 11 is 0. The Bertz CT molecular complexity index is 513. The number of pyridine rings is 1. The van der Waals surface area contributed by atoms with Crippen LogP contribution in [0.2, 0.25) is 0 Å². The molecule has 0 saturated carbocycles. The molecule has 0 amide bonds. The Labute approximate surface area is 99.8 Å². The van der Waals surface area contributed by atoms with Crippen molar-refractivity contribution >= 4 is 0 Å². The summed E-state index contributed by atoms with van der Waals surface area (Å²) in [6.45, 7) is 1.26. The van der Waals surface area contributed by atoms with Gasteiger partial charge in [-0.15, -0.1) is 0 Å². The van der Waals surface area contributed by atoms with Crippen LogP contribution in [-0.2, 0) is 13.1 Å². The molecule has 0 saturated heterocycles. The first-order valence-corrected chi connectivity index (χ1v) is 5.41. The Morgan fingerprint density at radius 3 is 2.35 bits per heavy atom. The van der Waals surface area contributed by atoms with Crippen molar-refractivity contribution in [1.29, 1.82) is 0 Å². The van der Waals surface area contributed by atoms with Crippen molar-refractivity contribution in [2.75, 3.05) is 0 Å². The highest BCUT2D eigenvalue weighted by atomic mass is 15.1. The maximum absolute atomic E-state index is 8.23. The first kappa shape index (κ1) is 11.2. The van der Waals surface area contributed by atoms with Gasteiger partial charge in [-0.05, 0) is 11.1 Å². The van der Waals surface area contributed by atoms with E-state index in [1.165, 1.54) is 5.56 Å². The average molecular weight is 225 g/mol. The molecule has 4 heteroatoms. The van der Waals surface area contributed by atoms with Gasteiger partial charge in [-0.3, -0.25) is 0 Å². The van der Waals surface area contributed by atoms with E-state index in [4.69, 9.17) is 5.53 Å². The largest absolute Gasteiger partial charge is 0.201 e. The molecule has 1 aromatic carbocycles. The second-order valence-corrected chi connectivity index (χ2v) is 3.75. The molecule has 0 unspecified atom stereocenters. The first-order valence-electron chi connectivity index (χ1n) is 5.41. The summed E-state index contributed by atoms with van der Waals surface area (Å²) in [6, 6.07) is 14.2. The average Bonchev–Trinajstić information content (AvgIpc) is 2.39. The van der Waals surface area contributed by atoms with Gasteiger partial charge in [0, 0.05) is 22.6 Å². The maximum atomic E-state index is 8.23.